The van der Waals surface area contributed by atoms with E-state index in [0.717, 1.165) is 34.7 Å². The van der Waals surface area contributed by atoms with E-state index < -0.39 is 0 Å². The van der Waals surface area contributed by atoms with Crippen molar-refractivity contribution >= 4 is 39.8 Å². The normalized spacial score (nSPS) is 11.0. The van der Waals surface area contributed by atoms with Gasteiger partial charge in [0.25, 0.3) is 0 Å². The van der Waals surface area contributed by atoms with Crippen molar-refractivity contribution < 1.29 is 4.79 Å². The van der Waals surface area contributed by atoms with Crippen molar-refractivity contribution in [1.82, 2.24) is 19.6 Å². The molecule has 0 atom stereocenters. The molecule has 0 radical (unpaired) electrons. The zero-order valence-corrected chi connectivity index (χ0v) is 14.5. The lowest BCUT2D eigenvalue weighted by Gasteiger charge is -2.10. The summed E-state index contributed by atoms with van der Waals surface area (Å²) in [4.78, 5) is 15.8. The summed E-state index contributed by atoms with van der Waals surface area (Å²) in [5.41, 5.74) is 4.13. The van der Waals surface area contributed by atoms with Crippen LogP contribution in [0.3, 0.4) is 0 Å². The number of anilines is 3. The number of carbonyl (C=O) groups excluding carboxylic acids is 1. The van der Waals surface area contributed by atoms with Crippen LogP contribution in [0.15, 0.2) is 48.5 Å². The highest BCUT2D eigenvalue weighted by molar-refractivity contribution is 5.89. The number of nitrogens with one attached hydrogen (secondary N) is 2. The summed E-state index contributed by atoms with van der Waals surface area (Å²) in [5, 5.41) is 14.7. The zero-order chi connectivity index (χ0) is 18.1. The summed E-state index contributed by atoms with van der Waals surface area (Å²) in [5.74, 6) is 1.44. The smallest absolute Gasteiger partial charge is 0.221 e. The molecule has 4 aromatic rings. The van der Waals surface area contributed by atoms with Gasteiger partial charge in [0.1, 0.15) is 5.82 Å². The van der Waals surface area contributed by atoms with Gasteiger partial charge in [0.05, 0.1) is 11.0 Å². The Morgan fingerprint density at radius 2 is 1.77 bits per heavy atom. The average molecular weight is 346 g/mol. The molecule has 2 aromatic heterocycles. The molecule has 0 saturated carbocycles. The minimum atomic E-state index is -0.0980. The van der Waals surface area contributed by atoms with E-state index >= 15 is 0 Å². The van der Waals surface area contributed by atoms with Gasteiger partial charge in [-0.2, -0.15) is 0 Å². The molecule has 4 rings (SSSR count). The van der Waals surface area contributed by atoms with Crippen LogP contribution in [-0.4, -0.2) is 25.5 Å². The largest absolute Gasteiger partial charge is 0.337 e. The second-order valence-electron chi connectivity index (χ2n) is 5.96. The van der Waals surface area contributed by atoms with Crippen LogP contribution in [0.2, 0.25) is 0 Å². The van der Waals surface area contributed by atoms with Gasteiger partial charge >= 0.3 is 0 Å². The van der Waals surface area contributed by atoms with Crippen LogP contribution < -0.4 is 10.6 Å². The molecule has 0 spiro atoms. The number of aryl methyl sites for hydroxylation is 1. The highest BCUT2D eigenvalue weighted by Crippen LogP contribution is 2.25. The fourth-order valence-corrected chi connectivity index (χ4v) is 2.93. The Labute approximate surface area is 150 Å². The number of carbonyl (C=O) groups is 1. The van der Waals surface area contributed by atoms with Crippen LogP contribution in [-0.2, 0) is 11.2 Å². The van der Waals surface area contributed by atoms with Crippen LogP contribution in [0.1, 0.15) is 19.7 Å². The predicted octanol–water partition coefficient (Wildman–Crippen LogP) is 3.54. The highest BCUT2D eigenvalue weighted by Gasteiger charge is 2.14. The molecule has 130 valence electrons. The Balaban J connectivity index is 1.78. The van der Waals surface area contributed by atoms with Gasteiger partial charge in [-0.1, -0.05) is 19.1 Å². The van der Waals surface area contributed by atoms with Gasteiger partial charge in [-0.15, -0.1) is 10.2 Å². The van der Waals surface area contributed by atoms with Crippen LogP contribution >= 0.6 is 0 Å². The molecule has 2 N–H and O–H groups in total. The van der Waals surface area contributed by atoms with E-state index in [9.17, 15) is 4.79 Å². The summed E-state index contributed by atoms with van der Waals surface area (Å²) < 4.78 is 2.04. The number of aromatic nitrogens is 4. The molecule has 2 aromatic carbocycles. The van der Waals surface area contributed by atoms with Gasteiger partial charge in [-0.3, -0.25) is 9.20 Å². The van der Waals surface area contributed by atoms with Crippen molar-refractivity contribution in [3.05, 3.63) is 54.4 Å². The number of fused-ring (bicyclic) bond motifs is 3. The first kappa shape index (κ1) is 16.0. The summed E-state index contributed by atoms with van der Waals surface area (Å²) in [6, 6.07) is 15.4. The van der Waals surface area contributed by atoms with E-state index in [1.807, 2.05) is 52.9 Å². The second kappa shape index (κ2) is 6.44. The fourth-order valence-electron chi connectivity index (χ4n) is 2.93. The van der Waals surface area contributed by atoms with Crippen molar-refractivity contribution in [3.63, 3.8) is 0 Å². The Kier molecular flexibility index (Phi) is 3.96. The Morgan fingerprint density at radius 3 is 2.50 bits per heavy atom. The molecule has 0 aliphatic heterocycles. The number of rotatable bonds is 4. The van der Waals surface area contributed by atoms with E-state index in [0.29, 0.717) is 11.5 Å². The molecule has 26 heavy (non-hydrogen) atoms. The third kappa shape index (κ3) is 2.83. The molecular formula is C19H18N6O. The molecule has 0 unspecified atom stereocenters. The van der Waals surface area contributed by atoms with Crippen molar-refractivity contribution in [2.24, 2.45) is 0 Å². The van der Waals surface area contributed by atoms with E-state index in [1.165, 1.54) is 6.92 Å². The lowest BCUT2D eigenvalue weighted by molar-refractivity contribution is -0.114. The standard InChI is InChI=1S/C19H18N6O/c1-3-17-23-24-19-18(22-15-6-4-5-7-16(15)25(17)19)21-14-10-8-13(9-11-14)20-12(2)26/h4-11H,3H2,1-2H3,(H,20,26)(H,21,22). The summed E-state index contributed by atoms with van der Waals surface area (Å²) in [7, 11) is 0. The molecule has 0 aliphatic rings. The fraction of sp³-hybridized carbons (Fsp3) is 0.158. The number of amides is 1. The van der Waals surface area contributed by atoms with Crippen molar-refractivity contribution in [1.29, 1.82) is 0 Å². The SMILES string of the molecule is CCc1nnc2c(Nc3ccc(NC(C)=O)cc3)nc3ccccc3n12. The molecule has 0 aliphatic carbocycles. The van der Waals surface area contributed by atoms with Gasteiger partial charge < -0.3 is 10.6 Å². The van der Waals surface area contributed by atoms with Gasteiger partial charge in [0.2, 0.25) is 11.6 Å². The summed E-state index contributed by atoms with van der Waals surface area (Å²) >= 11 is 0. The molecule has 7 heteroatoms. The second-order valence-corrected chi connectivity index (χ2v) is 5.96. The third-order valence-corrected chi connectivity index (χ3v) is 4.08. The van der Waals surface area contributed by atoms with E-state index in [1.54, 1.807) is 0 Å². The summed E-state index contributed by atoms with van der Waals surface area (Å²) in [6.07, 6.45) is 0.778. The molecular weight excluding hydrogens is 328 g/mol. The first-order valence-electron chi connectivity index (χ1n) is 8.43. The summed E-state index contributed by atoms with van der Waals surface area (Å²) in [6.45, 7) is 3.54. The van der Waals surface area contributed by atoms with E-state index in [-0.39, 0.29) is 5.91 Å². The molecule has 0 fully saturated rings. The van der Waals surface area contributed by atoms with Crippen LogP contribution in [0.4, 0.5) is 17.2 Å². The maximum absolute atomic E-state index is 11.1. The topological polar surface area (TPSA) is 84.2 Å². The molecule has 7 nitrogen and oxygen atoms in total. The Morgan fingerprint density at radius 1 is 1.04 bits per heavy atom. The van der Waals surface area contributed by atoms with Crippen LogP contribution in [0.5, 0.6) is 0 Å². The zero-order valence-electron chi connectivity index (χ0n) is 14.5. The van der Waals surface area contributed by atoms with E-state index in [4.69, 9.17) is 4.98 Å². The van der Waals surface area contributed by atoms with Crippen molar-refractivity contribution in [3.8, 4) is 0 Å². The van der Waals surface area contributed by atoms with Gasteiger partial charge in [0.15, 0.2) is 5.82 Å². The maximum Gasteiger partial charge on any atom is 0.221 e. The predicted molar refractivity (Wildman–Crippen MR) is 102 cm³/mol. The first-order chi connectivity index (χ1) is 12.7. The average Bonchev–Trinajstić information content (AvgIpc) is 3.08. The van der Waals surface area contributed by atoms with Crippen LogP contribution in [0, 0.1) is 0 Å². The number of hydrogen-bond acceptors (Lipinski definition) is 5. The quantitative estimate of drug-likeness (QED) is 0.590. The minimum absolute atomic E-state index is 0.0980. The lowest BCUT2D eigenvalue weighted by Crippen LogP contribution is -2.05. The lowest BCUT2D eigenvalue weighted by atomic mass is 10.2. The highest BCUT2D eigenvalue weighted by atomic mass is 16.1. The molecule has 0 saturated heterocycles. The molecule has 2 heterocycles. The Hall–Kier alpha value is -3.48. The first-order valence-corrected chi connectivity index (χ1v) is 8.43. The molecule has 0 bridgehead atoms. The minimum Gasteiger partial charge on any atom is -0.337 e. The monoisotopic (exact) mass is 346 g/mol. The third-order valence-electron chi connectivity index (χ3n) is 4.08. The number of para-hydroxylation sites is 2. The van der Waals surface area contributed by atoms with Crippen LogP contribution in [0.25, 0.3) is 16.7 Å². The Bertz CT molecular complexity index is 1100. The van der Waals surface area contributed by atoms with Gasteiger partial charge in [-0.25, -0.2) is 4.98 Å². The van der Waals surface area contributed by atoms with Crippen molar-refractivity contribution in [2.45, 2.75) is 20.3 Å². The van der Waals surface area contributed by atoms with E-state index in [2.05, 4.69) is 27.8 Å². The van der Waals surface area contributed by atoms with Gasteiger partial charge in [0, 0.05) is 24.7 Å². The number of nitrogens with zero attached hydrogens (tertiary/aromatic N) is 4. The molecule has 1 amide bonds. The van der Waals surface area contributed by atoms with Gasteiger partial charge in [-0.05, 0) is 36.4 Å². The maximum atomic E-state index is 11.1. The number of benzene rings is 2. The number of hydrogen-bond donors (Lipinski definition) is 2. The van der Waals surface area contributed by atoms with Crippen molar-refractivity contribution in [2.75, 3.05) is 10.6 Å².